The summed E-state index contributed by atoms with van der Waals surface area (Å²) >= 11 is 0. The Hall–Kier alpha value is -1.18. The third-order valence-electron chi connectivity index (χ3n) is 6.01. The summed E-state index contributed by atoms with van der Waals surface area (Å²) in [4.78, 5) is 12.1. The number of aliphatic hydroxyl groups excluding tert-OH is 2. The highest BCUT2D eigenvalue weighted by molar-refractivity contribution is 5.80. The van der Waals surface area contributed by atoms with E-state index in [1.54, 1.807) is 6.08 Å². The fourth-order valence-corrected chi connectivity index (χ4v) is 4.74. The lowest BCUT2D eigenvalue weighted by Gasteiger charge is -2.43. The maximum absolute atomic E-state index is 12.7. The van der Waals surface area contributed by atoms with Crippen LogP contribution in [-0.2, 0) is 9.53 Å². The van der Waals surface area contributed by atoms with Crippen LogP contribution in [-0.4, -0.2) is 40.2 Å². The third kappa shape index (κ3) is 5.21. The summed E-state index contributed by atoms with van der Waals surface area (Å²) in [5.74, 6) is 0.159. The number of carbonyl (C=O) groups excluding carboxylic acids is 1. The molecule has 0 aromatic carbocycles. The predicted octanol–water partition coefficient (Wildman–Crippen LogP) is 3.96. The molecule has 0 aromatic heterocycles. The maximum atomic E-state index is 12.7. The number of hydrogen-bond acceptors (Lipinski definition) is 4. The number of ketones is 1. The van der Waals surface area contributed by atoms with E-state index in [-0.39, 0.29) is 36.5 Å². The van der Waals surface area contributed by atoms with Gasteiger partial charge in [0, 0.05) is 6.42 Å². The molecule has 0 aromatic rings. The van der Waals surface area contributed by atoms with E-state index in [1.807, 2.05) is 0 Å². The summed E-state index contributed by atoms with van der Waals surface area (Å²) in [5, 5.41) is 19.8. The third-order valence-corrected chi connectivity index (χ3v) is 6.01. The fraction of sp³-hybridized carbons (Fsp3) is 0.750. The minimum Gasteiger partial charge on any atom is -0.388 e. The lowest BCUT2D eigenvalue weighted by atomic mass is 9.75. The second-order valence-corrected chi connectivity index (χ2v) is 8.08. The van der Waals surface area contributed by atoms with Crippen molar-refractivity contribution in [2.45, 2.75) is 88.4 Å². The Morgan fingerprint density at radius 1 is 1.22 bits per heavy atom. The Kier molecular flexibility index (Phi) is 6.13. The molecular formula is C20H27F3O4. The molecule has 3 rings (SSSR count). The van der Waals surface area contributed by atoms with Crippen molar-refractivity contribution in [2.75, 3.05) is 0 Å². The zero-order valence-corrected chi connectivity index (χ0v) is 15.3. The first-order valence-electron chi connectivity index (χ1n) is 9.69. The first-order chi connectivity index (χ1) is 12.7. The van der Waals surface area contributed by atoms with Crippen molar-refractivity contribution in [3.8, 4) is 0 Å². The molecule has 1 heterocycles. The SMILES string of the molecule is O=C1CC(O)OC(CCC2=CCC(O)C(CC(F)(F)F)=C2)(C2CCCC2)C1. The maximum Gasteiger partial charge on any atom is 0.392 e. The van der Waals surface area contributed by atoms with E-state index in [1.165, 1.54) is 6.08 Å². The number of ether oxygens (including phenoxy) is 1. The van der Waals surface area contributed by atoms with Crippen LogP contribution >= 0.6 is 0 Å². The highest BCUT2D eigenvalue weighted by Crippen LogP contribution is 2.45. The summed E-state index contributed by atoms with van der Waals surface area (Å²) in [6.45, 7) is 0. The van der Waals surface area contributed by atoms with Gasteiger partial charge >= 0.3 is 6.18 Å². The van der Waals surface area contributed by atoms with Gasteiger partial charge in [0.15, 0.2) is 6.29 Å². The van der Waals surface area contributed by atoms with Crippen LogP contribution in [0.4, 0.5) is 13.2 Å². The van der Waals surface area contributed by atoms with Gasteiger partial charge in [0.25, 0.3) is 0 Å². The number of allylic oxidation sites excluding steroid dienone is 2. The summed E-state index contributed by atoms with van der Waals surface area (Å²) in [5.41, 5.74) is -0.0242. The zero-order valence-electron chi connectivity index (χ0n) is 15.3. The van der Waals surface area contributed by atoms with E-state index >= 15 is 0 Å². The monoisotopic (exact) mass is 388 g/mol. The van der Waals surface area contributed by atoms with Crippen LogP contribution in [0.5, 0.6) is 0 Å². The van der Waals surface area contributed by atoms with Crippen molar-refractivity contribution in [3.05, 3.63) is 23.3 Å². The summed E-state index contributed by atoms with van der Waals surface area (Å²) in [6, 6.07) is 0. The van der Waals surface area contributed by atoms with Crippen molar-refractivity contribution < 1.29 is 32.9 Å². The molecule has 2 fully saturated rings. The normalized spacial score (nSPS) is 33.1. The standard InChI is InChI=1S/C20H27F3O4/c21-20(22,23)11-14-9-13(5-6-17(14)25)7-8-19(15-3-1-2-4-15)12-16(24)10-18(26)27-19/h5,9,15,17-18,25-26H,1-4,6-8,10-12H2. The lowest BCUT2D eigenvalue weighted by molar-refractivity contribution is -0.228. The van der Waals surface area contributed by atoms with E-state index in [0.29, 0.717) is 12.8 Å². The number of rotatable bonds is 5. The van der Waals surface area contributed by atoms with Crippen LogP contribution in [0, 0.1) is 5.92 Å². The van der Waals surface area contributed by atoms with Gasteiger partial charge in [-0.3, -0.25) is 4.79 Å². The Labute approximate surface area is 157 Å². The minimum absolute atomic E-state index is 0.001000. The molecule has 4 nitrogen and oxygen atoms in total. The Morgan fingerprint density at radius 2 is 1.93 bits per heavy atom. The Balaban J connectivity index is 1.72. The molecule has 3 atom stereocenters. The highest BCUT2D eigenvalue weighted by atomic mass is 19.4. The molecule has 0 bridgehead atoms. The minimum atomic E-state index is -4.36. The number of aliphatic hydroxyl groups is 2. The first-order valence-corrected chi connectivity index (χ1v) is 9.69. The van der Waals surface area contributed by atoms with Gasteiger partial charge in [0.2, 0.25) is 0 Å². The van der Waals surface area contributed by atoms with Gasteiger partial charge in [-0.1, -0.05) is 30.6 Å². The first kappa shape index (κ1) is 20.6. The van der Waals surface area contributed by atoms with E-state index in [4.69, 9.17) is 4.74 Å². The molecule has 0 spiro atoms. The van der Waals surface area contributed by atoms with Gasteiger partial charge in [-0.2, -0.15) is 13.2 Å². The number of hydrogen-bond donors (Lipinski definition) is 2. The molecule has 1 saturated carbocycles. The molecule has 3 aliphatic rings. The van der Waals surface area contributed by atoms with Crippen LogP contribution in [0.3, 0.4) is 0 Å². The van der Waals surface area contributed by atoms with Crippen LogP contribution in [0.25, 0.3) is 0 Å². The van der Waals surface area contributed by atoms with Gasteiger partial charge in [-0.25, -0.2) is 0 Å². The molecule has 2 N–H and O–H groups in total. The largest absolute Gasteiger partial charge is 0.392 e. The molecule has 1 saturated heterocycles. The van der Waals surface area contributed by atoms with Gasteiger partial charge in [-0.05, 0) is 43.6 Å². The molecule has 27 heavy (non-hydrogen) atoms. The van der Waals surface area contributed by atoms with Crippen molar-refractivity contribution >= 4 is 5.78 Å². The average molecular weight is 388 g/mol. The van der Waals surface area contributed by atoms with Crippen molar-refractivity contribution in [1.29, 1.82) is 0 Å². The number of alkyl halides is 3. The number of carbonyl (C=O) groups is 1. The summed E-state index contributed by atoms with van der Waals surface area (Å²) < 4.78 is 44.0. The highest BCUT2D eigenvalue weighted by Gasteiger charge is 2.47. The molecule has 0 amide bonds. The van der Waals surface area contributed by atoms with Gasteiger partial charge in [0.1, 0.15) is 5.78 Å². The summed E-state index contributed by atoms with van der Waals surface area (Å²) in [7, 11) is 0. The number of halogens is 3. The second-order valence-electron chi connectivity index (χ2n) is 8.08. The van der Waals surface area contributed by atoms with E-state index in [9.17, 15) is 28.2 Å². The molecule has 7 heteroatoms. The van der Waals surface area contributed by atoms with Crippen LogP contribution in [0.1, 0.15) is 64.2 Å². The van der Waals surface area contributed by atoms with Gasteiger partial charge in [-0.15, -0.1) is 0 Å². The van der Waals surface area contributed by atoms with E-state index in [2.05, 4.69) is 0 Å². The summed E-state index contributed by atoms with van der Waals surface area (Å²) in [6.07, 6.45) is 0.866. The zero-order chi connectivity index (χ0) is 19.7. The average Bonchev–Trinajstić information content (AvgIpc) is 3.08. The van der Waals surface area contributed by atoms with Gasteiger partial charge < -0.3 is 14.9 Å². The molecule has 3 unspecified atom stereocenters. The van der Waals surface area contributed by atoms with E-state index < -0.39 is 30.6 Å². The van der Waals surface area contributed by atoms with Crippen LogP contribution in [0.15, 0.2) is 23.3 Å². The van der Waals surface area contributed by atoms with E-state index in [0.717, 1.165) is 31.3 Å². The van der Waals surface area contributed by atoms with Crippen molar-refractivity contribution in [1.82, 2.24) is 0 Å². The van der Waals surface area contributed by atoms with Crippen LogP contribution < -0.4 is 0 Å². The van der Waals surface area contributed by atoms with Crippen LogP contribution in [0.2, 0.25) is 0 Å². The van der Waals surface area contributed by atoms with Gasteiger partial charge in [0.05, 0.1) is 24.5 Å². The smallest absolute Gasteiger partial charge is 0.388 e. The van der Waals surface area contributed by atoms with Crippen molar-refractivity contribution in [2.24, 2.45) is 5.92 Å². The Bertz CT molecular complexity index is 619. The molecule has 2 aliphatic carbocycles. The quantitative estimate of drug-likeness (QED) is 0.748. The molecular weight excluding hydrogens is 361 g/mol. The number of Topliss-reactive ketones (excluding diaryl/α,β-unsaturated/α-hetero) is 1. The topological polar surface area (TPSA) is 66.8 Å². The second kappa shape index (κ2) is 8.05. The van der Waals surface area contributed by atoms with Crippen molar-refractivity contribution in [3.63, 3.8) is 0 Å². The molecule has 0 radical (unpaired) electrons. The Morgan fingerprint density at radius 3 is 2.56 bits per heavy atom. The molecule has 1 aliphatic heterocycles. The predicted molar refractivity (Wildman–Crippen MR) is 92.7 cm³/mol. The fourth-order valence-electron chi connectivity index (χ4n) is 4.74. The molecule has 152 valence electrons. The lowest BCUT2D eigenvalue weighted by Crippen LogP contribution is -2.49.